The number of carboxylic acid groups (broad SMARTS) is 1. The van der Waals surface area contributed by atoms with Crippen LogP contribution in [0.3, 0.4) is 0 Å². The Morgan fingerprint density at radius 2 is 1.96 bits per heavy atom. The topological polar surface area (TPSA) is 72.2 Å². The van der Waals surface area contributed by atoms with Gasteiger partial charge in [-0.1, -0.05) is 26.0 Å². The summed E-state index contributed by atoms with van der Waals surface area (Å²) in [6, 6.07) is 5.90. The van der Waals surface area contributed by atoms with Crippen molar-refractivity contribution >= 4 is 27.5 Å². The number of hydrogen-bond donors (Lipinski definition) is 1. The lowest BCUT2D eigenvalue weighted by atomic mass is 10.0. The van der Waals surface area contributed by atoms with Crippen LogP contribution in [-0.4, -0.2) is 20.6 Å². The van der Waals surface area contributed by atoms with Crippen LogP contribution >= 0.6 is 11.3 Å². The van der Waals surface area contributed by atoms with Gasteiger partial charge in [0.25, 0.3) is 5.56 Å². The molecule has 130 valence electrons. The number of thiophene rings is 1. The van der Waals surface area contributed by atoms with Crippen LogP contribution in [0.4, 0.5) is 4.39 Å². The third kappa shape index (κ3) is 3.07. The van der Waals surface area contributed by atoms with Crippen LogP contribution < -0.4 is 5.56 Å². The molecule has 0 unspecified atom stereocenters. The van der Waals surface area contributed by atoms with Gasteiger partial charge in [-0.2, -0.15) is 0 Å². The zero-order valence-electron chi connectivity index (χ0n) is 14.0. The van der Waals surface area contributed by atoms with Crippen molar-refractivity contribution in [1.82, 2.24) is 9.55 Å². The second-order valence-electron chi connectivity index (χ2n) is 6.13. The number of carboxylic acids is 1. The Labute approximate surface area is 147 Å². The van der Waals surface area contributed by atoms with Gasteiger partial charge in [0.2, 0.25) is 0 Å². The number of aryl methyl sites for hydroxylation is 1. The normalized spacial score (nSPS) is 11.4. The zero-order chi connectivity index (χ0) is 18.3. The largest absolute Gasteiger partial charge is 0.480 e. The number of benzene rings is 1. The SMILES string of the molecule is Cc1sc2nc(C(C)C)n(CC(=O)O)c(=O)c2c1-c1ccc(F)cc1. The Bertz CT molecular complexity index is 1020. The molecule has 0 spiro atoms. The molecule has 2 heterocycles. The van der Waals surface area contributed by atoms with Gasteiger partial charge < -0.3 is 5.11 Å². The molecule has 0 atom stereocenters. The molecule has 1 aromatic carbocycles. The Kier molecular flexibility index (Phi) is 4.43. The summed E-state index contributed by atoms with van der Waals surface area (Å²) in [7, 11) is 0. The average Bonchev–Trinajstić information content (AvgIpc) is 2.86. The molecule has 0 saturated heterocycles. The highest BCUT2D eigenvalue weighted by Crippen LogP contribution is 2.36. The molecule has 0 aliphatic carbocycles. The molecule has 3 rings (SSSR count). The van der Waals surface area contributed by atoms with Gasteiger partial charge in [-0.05, 0) is 24.6 Å². The summed E-state index contributed by atoms with van der Waals surface area (Å²) in [5.41, 5.74) is 1.02. The predicted molar refractivity (Wildman–Crippen MR) is 95.7 cm³/mol. The highest BCUT2D eigenvalue weighted by atomic mass is 32.1. The number of halogens is 1. The number of carbonyl (C=O) groups is 1. The fraction of sp³-hybridized carbons (Fsp3) is 0.278. The van der Waals surface area contributed by atoms with Crippen molar-refractivity contribution in [1.29, 1.82) is 0 Å². The summed E-state index contributed by atoms with van der Waals surface area (Å²) in [5.74, 6) is -1.09. The first-order valence-electron chi connectivity index (χ1n) is 7.81. The van der Waals surface area contributed by atoms with E-state index in [4.69, 9.17) is 5.11 Å². The summed E-state index contributed by atoms with van der Waals surface area (Å²) < 4.78 is 14.4. The van der Waals surface area contributed by atoms with Gasteiger partial charge in [0.05, 0.1) is 5.39 Å². The number of fused-ring (bicyclic) bond motifs is 1. The molecule has 5 nitrogen and oxygen atoms in total. The molecule has 0 aliphatic rings. The average molecular weight is 360 g/mol. The number of hydrogen-bond acceptors (Lipinski definition) is 4. The number of aromatic nitrogens is 2. The molecule has 25 heavy (non-hydrogen) atoms. The molecule has 7 heteroatoms. The molecule has 0 bridgehead atoms. The quantitative estimate of drug-likeness (QED) is 0.768. The first-order chi connectivity index (χ1) is 11.8. The van der Waals surface area contributed by atoms with Crippen LogP contribution in [0.25, 0.3) is 21.3 Å². The van der Waals surface area contributed by atoms with E-state index in [-0.39, 0.29) is 17.3 Å². The van der Waals surface area contributed by atoms with Crippen LogP contribution in [-0.2, 0) is 11.3 Å². The fourth-order valence-corrected chi connectivity index (χ4v) is 3.95. The zero-order valence-corrected chi connectivity index (χ0v) is 14.9. The molecule has 0 saturated carbocycles. The van der Waals surface area contributed by atoms with Crippen LogP contribution in [0.15, 0.2) is 29.1 Å². The standard InChI is InChI=1S/C18H17FN2O3S/c1-9(2)16-20-17-15(18(24)21(16)8-13(22)23)14(10(3)25-17)11-4-6-12(19)7-5-11/h4-7,9H,8H2,1-3H3,(H,22,23). The second kappa shape index (κ2) is 6.40. The van der Waals surface area contributed by atoms with E-state index in [1.165, 1.54) is 28.0 Å². The van der Waals surface area contributed by atoms with Crippen molar-refractivity contribution in [2.75, 3.05) is 0 Å². The van der Waals surface area contributed by atoms with Crippen molar-refractivity contribution in [3.05, 3.63) is 51.1 Å². The molecule has 0 aliphatic heterocycles. The van der Waals surface area contributed by atoms with E-state index in [2.05, 4.69) is 4.98 Å². The number of nitrogens with zero attached hydrogens (tertiary/aromatic N) is 2. The molecular formula is C18H17FN2O3S. The lowest BCUT2D eigenvalue weighted by molar-refractivity contribution is -0.137. The minimum absolute atomic E-state index is 0.0897. The molecule has 1 N–H and O–H groups in total. The third-order valence-electron chi connectivity index (χ3n) is 3.96. The Morgan fingerprint density at radius 3 is 2.52 bits per heavy atom. The maximum Gasteiger partial charge on any atom is 0.323 e. The van der Waals surface area contributed by atoms with E-state index in [0.717, 1.165) is 4.88 Å². The summed E-state index contributed by atoms with van der Waals surface area (Å²) in [5, 5.41) is 9.55. The lowest BCUT2D eigenvalue weighted by Crippen LogP contribution is -2.29. The Balaban J connectivity index is 2.37. The highest BCUT2D eigenvalue weighted by Gasteiger charge is 2.21. The van der Waals surface area contributed by atoms with Gasteiger partial charge in [0.15, 0.2) is 0 Å². The van der Waals surface area contributed by atoms with E-state index in [9.17, 15) is 14.0 Å². The van der Waals surface area contributed by atoms with E-state index < -0.39 is 12.5 Å². The summed E-state index contributed by atoms with van der Waals surface area (Å²) >= 11 is 1.39. The van der Waals surface area contributed by atoms with E-state index in [0.29, 0.717) is 27.2 Å². The number of rotatable bonds is 4. The van der Waals surface area contributed by atoms with Crippen molar-refractivity contribution in [3.8, 4) is 11.1 Å². The van der Waals surface area contributed by atoms with E-state index in [1.807, 2.05) is 20.8 Å². The van der Waals surface area contributed by atoms with Crippen LogP contribution in [0, 0.1) is 12.7 Å². The van der Waals surface area contributed by atoms with E-state index >= 15 is 0 Å². The van der Waals surface area contributed by atoms with Crippen LogP contribution in [0.1, 0.15) is 30.5 Å². The van der Waals surface area contributed by atoms with Gasteiger partial charge in [-0.25, -0.2) is 9.37 Å². The van der Waals surface area contributed by atoms with Crippen molar-refractivity contribution in [2.45, 2.75) is 33.2 Å². The smallest absolute Gasteiger partial charge is 0.323 e. The molecule has 3 aromatic rings. The maximum absolute atomic E-state index is 13.2. The van der Waals surface area contributed by atoms with E-state index in [1.54, 1.807) is 12.1 Å². The fourth-order valence-electron chi connectivity index (χ4n) is 2.90. The van der Waals surface area contributed by atoms with Gasteiger partial charge in [-0.15, -0.1) is 11.3 Å². The van der Waals surface area contributed by atoms with Crippen molar-refractivity contribution in [2.24, 2.45) is 0 Å². The van der Waals surface area contributed by atoms with Gasteiger partial charge in [-0.3, -0.25) is 14.2 Å². The minimum atomic E-state index is -1.10. The summed E-state index contributed by atoms with van der Waals surface area (Å²) in [6.07, 6.45) is 0. The first-order valence-corrected chi connectivity index (χ1v) is 8.62. The van der Waals surface area contributed by atoms with Gasteiger partial charge >= 0.3 is 5.97 Å². The Morgan fingerprint density at radius 1 is 1.32 bits per heavy atom. The lowest BCUT2D eigenvalue weighted by Gasteiger charge is -2.13. The Hall–Kier alpha value is -2.54. The minimum Gasteiger partial charge on any atom is -0.480 e. The monoisotopic (exact) mass is 360 g/mol. The molecule has 0 fully saturated rings. The molecular weight excluding hydrogens is 343 g/mol. The second-order valence-corrected chi connectivity index (χ2v) is 7.33. The third-order valence-corrected chi connectivity index (χ3v) is 4.96. The first kappa shape index (κ1) is 17.3. The van der Waals surface area contributed by atoms with Crippen LogP contribution in [0.2, 0.25) is 0 Å². The highest BCUT2D eigenvalue weighted by molar-refractivity contribution is 7.19. The summed E-state index contributed by atoms with van der Waals surface area (Å²) in [6.45, 7) is 5.18. The maximum atomic E-state index is 13.2. The van der Waals surface area contributed by atoms with Gasteiger partial charge in [0.1, 0.15) is 23.0 Å². The molecule has 0 radical (unpaired) electrons. The van der Waals surface area contributed by atoms with Crippen molar-refractivity contribution < 1.29 is 14.3 Å². The predicted octanol–water partition coefficient (Wildman–Crippen LogP) is 3.78. The van der Waals surface area contributed by atoms with Gasteiger partial charge in [0, 0.05) is 16.4 Å². The van der Waals surface area contributed by atoms with Crippen molar-refractivity contribution in [3.63, 3.8) is 0 Å². The molecule has 2 aromatic heterocycles. The summed E-state index contributed by atoms with van der Waals surface area (Å²) in [4.78, 5) is 30.3. The molecule has 0 amide bonds. The number of aliphatic carboxylic acids is 1. The van der Waals surface area contributed by atoms with Crippen LogP contribution in [0.5, 0.6) is 0 Å².